The Bertz CT molecular complexity index is 808. The van der Waals surface area contributed by atoms with E-state index >= 15 is 0 Å². The van der Waals surface area contributed by atoms with E-state index in [0.29, 0.717) is 39.1 Å². The molecule has 142 valence electrons. The quantitative estimate of drug-likeness (QED) is 0.814. The van der Waals surface area contributed by atoms with Gasteiger partial charge in [0.1, 0.15) is 12.4 Å². The summed E-state index contributed by atoms with van der Waals surface area (Å²) in [6.07, 6.45) is 4.59. The predicted octanol–water partition coefficient (Wildman–Crippen LogP) is 2.41. The number of hydrogen-bond acceptors (Lipinski definition) is 4. The normalized spacial score (nSPS) is 13.3. The van der Waals surface area contributed by atoms with Crippen molar-refractivity contribution in [3.05, 3.63) is 59.4 Å². The van der Waals surface area contributed by atoms with Gasteiger partial charge in [0, 0.05) is 51.4 Å². The highest BCUT2D eigenvalue weighted by Gasteiger charge is 2.18. The van der Waals surface area contributed by atoms with Gasteiger partial charge in [-0.3, -0.25) is 14.6 Å². The van der Waals surface area contributed by atoms with Crippen molar-refractivity contribution in [3.63, 3.8) is 0 Å². The number of fused-ring (bicyclic) bond motifs is 1. The van der Waals surface area contributed by atoms with Crippen molar-refractivity contribution in [3.8, 4) is 5.75 Å². The highest BCUT2D eigenvalue weighted by molar-refractivity contribution is 5.76. The van der Waals surface area contributed by atoms with Crippen molar-refractivity contribution in [2.24, 2.45) is 0 Å². The van der Waals surface area contributed by atoms with E-state index in [1.807, 2.05) is 37.4 Å². The summed E-state index contributed by atoms with van der Waals surface area (Å²) in [6, 6.07) is 9.82. The molecule has 1 aliphatic heterocycles. The maximum absolute atomic E-state index is 12.4. The van der Waals surface area contributed by atoms with Gasteiger partial charge in [0.15, 0.2) is 0 Å². The number of aryl methyl sites for hydroxylation is 1. The Morgan fingerprint density at radius 2 is 2.11 bits per heavy atom. The monoisotopic (exact) mass is 367 g/mol. The van der Waals surface area contributed by atoms with Crippen LogP contribution in [-0.2, 0) is 29.1 Å². The van der Waals surface area contributed by atoms with E-state index in [2.05, 4.69) is 4.98 Å². The maximum Gasteiger partial charge on any atom is 0.222 e. The maximum atomic E-state index is 12.4. The van der Waals surface area contributed by atoms with E-state index in [-0.39, 0.29) is 11.8 Å². The van der Waals surface area contributed by atoms with Crippen LogP contribution in [0.1, 0.15) is 30.0 Å². The van der Waals surface area contributed by atoms with Gasteiger partial charge >= 0.3 is 0 Å². The van der Waals surface area contributed by atoms with E-state index in [0.717, 1.165) is 22.4 Å². The van der Waals surface area contributed by atoms with Crippen LogP contribution < -0.4 is 4.74 Å². The summed E-state index contributed by atoms with van der Waals surface area (Å²) in [4.78, 5) is 31.7. The fourth-order valence-corrected chi connectivity index (χ4v) is 3.17. The molecule has 6 heteroatoms. The summed E-state index contributed by atoms with van der Waals surface area (Å²) in [5, 5.41) is 0. The van der Waals surface area contributed by atoms with Crippen LogP contribution in [-0.4, -0.2) is 46.8 Å². The van der Waals surface area contributed by atoms with Crippen molar-refractivity contribution in [2.75, 3.05) is 20.2 Å². The molecular formula is C21H25N3O3. The van der Waals surface area contributed by atoms with Crippen LogP contribution in [0, 0.1) is 0 Å². The lowest BCUT2D eigenvalue weighted by Gasteiger charge is -2.18. The van der Waals surface area contributed by atoms with Crippen molar-refractivity contribution in [1.29, 1.82) is 0 Å². The third kappa shape index (κ3) is 5.06. The second-order valence-electron chi connectivity index (χ2n) is 6.84. The summed E-state index contributed by atoms with van der Waals surface area (Å²) in [6.45, 7) is 3.78. The van der Waals surface area contributed by atoms with Crippen LogP contribution in [0.5, 0.6) is 5.75 Å². The molecule has 3 rings (SSSR count). The topological polar surface area (TPSA) is 62.7 Å². The molecule has 1 aromatic heterocycles. The van der Waals surface area contributed by atoms with Gasteiger partial charge in [-0.1, -0.05) is 18.2 Å². The number of nitrogens with zero attached hydrogens (tertiary/aromatic N) is 3. The zero-order chi connectivity index (χ0) is 19.2. The number of amides is 2. The minimum absolute atomic E-state index is 0.0454. The van der Waals surface area contributed by atoms with E-state index in [9.17, 15) is 9.59 Å². The molecule has 0 atom stereocenters. The zero-order valence-electron chi connectivity index (χ0n) is 15.9. The molecule has 6 nitrogen and oxygen atoms in total. The minimum Gasteiger partial charge on any atom is -0.491 e. The number of rotatable bonds is 5. The number of ether oxygens (including phenoxy) is 1. The molecule has 0 spiro atoms. The minimum atomic E-state index is 0.0454. The van der Waals surface area contributed by atoms with Crippen LogP contribution in [0.4, 0.5) is 0 Å². The molecule has 0 aliphatic carbocycles. The highest BCUT2D eigenvalue weighted by atomic mass is 16.5. The van der Waals surface area contributed by atoms with Crippen LogP contribution in [0.25, 0.3) is 0 Å². The van der Waals surface area contributed by atoms with Crippen LogP contribution in [0.3, 0.4) is 0 Å². The average Bonchev–Trinajstić information content (AvgIpc) is 2.89. The third-order valence-corrected chi connectivity index (χ3v) is 4.75. The molecule has 1 aliphatic rings. The lowest BCUT2D eigenvalue weighted by Crippen LogP contribution is -2.30. The summed E-state index contributed by atoms with van der Waals surface area (Å²) >= 11 is 0. The Morgan fingerprint density at radius 3 is 2.85 bits per heavy atom. The molecule has 2 heterocycles. The van der Waals surface area contributed by atoms with Crippen LogP contribution in [0.15, 0.2) is 42.7 Å². The Hall–Kier alpha value is -2.89. The molecule has 0 fully saturated rings. The SMILES string of the molecule is CC(=O)N1CCOc2ccc(CCC(=O)N(C)Cc3cccnc3)cc2C1. The lowest BCUT2D eigenvalue weighted by atomic mass is 10.0. The van der Waals surface area contributed by atoms with Gasteiger partial charge < -0.3 is 14.5 Å². The summed E-state index contributed by atoms with van der Waals surface area (Å²) in [5.41, 5.74) is 3.09. The molecular weight excluding hydrogens is 342 g/mol. The van der Waals surface area contributed by atoms with Crippen molar-refractivity contribution in [2.45, 2.75) is 32.9 Å². The summed E-state index contributed by atoms with van der Waals surface area (Å²) in [5.74, 6) is 0.960. The molecule has 0 bridgehead atoms. The van der Waals surface area contributed by atoms with Crippen LogP contribution >= 0.6 is 0 Å². The van der Waals surface area contributed by atoms with Gasteiger partial charge in [-0.25, -0.2) is 0 Å². The first-order valence-corrected chi connectivity index (χ1v) is 9.16. The van der Waals surface area contributed by atoms with E-state index < -0.39 is 0 Å². The third-order valence-electron chi connectivity index (χ3n) is 4.75. The standard InChI is InChI=1S/C21H25N3O3/c1-16(25)24-10-11-27-20-7-5-17(12-19(20)15-24)6-8-21(26)23(2)14-18-4-3-9-22-13-18/h3-5,7,9,12-13H,6,8,10-11,14-15H2,1-2H3. The van der Waals surface area contributed by atoms with Gasteiger partial charge in [-0.05, 0) is 29.7 Å². The van der Waals surface area contributed by atoms with Gasteiger partial charge in [0.2, 0.25) is 11.8 Å². The molecule has 2 aromatic rings. The summed E-state index contributed by atoms with van der Waals surface area (Å²) < 4.78 is 5.74. The molecule has 0 unspecified atom stereocenters. The number of aromatic nitrogens is 1. The molecule has 0 saturated heterocycles. The number of carbonyl (C=O) groups excluding carboxylic acids is 2. The average molecular weight is 367 g/mol. The summed E-state index contributed by atoms with van der Waals surface area (Å²) in [7, 11) is 1.81. The lowest BCUT2D eigenvalue weighted by molar-refractivity contribution is -0.130. The first-order chi connectivity index (χ1) is 13.0. The van der Waals surface area contributed by atoms with Crippen molar-refractivity contribution >= 4 is 11.8 Å². The molecule has 1 aromatic carbocycles. The van der Waals surface area contributed by atoms with E-state index in [1.54, 1.807) is 29.1 Å². The van der Waals surface area contributed by atoms with Gasteiger partial charge in [0.25, 0.3) is 0 Å². The highest BCUT2D eigenvalue weighted by Crippen LogP contribution is 2.25. The zero-order valence-corrected chi connectivity index (χ0v) is 15.9. The second kappa shape index (κ2) is 8.66. The van der Waals surface area contributed by atoms with Crippen molar-refractivity contribution < 1.29 is 14.3 Å². The predicted molar refractivity (Wildman–Crippen MR) is 102 cm³/mol. The second-order valence-corrected chi connectivity index (χ2v) is 6.84. The molecule has 0 saturated carbocycles. The number of benzene rings is 1. The number of carbonyl (C=O) groups is 2. The Labute approximate surface area is 159 Å². The molecule has 0 radical (unpaired) electrons. The van der Waals surface area contributed by atoms with E-state index in [4.69, 9.17) is 4.74 Å². The largest absolute Gasteiger partial charge is 0.491 e. The first-order valence-electron chi connectivity index (χ1n) is 9.16. The Morgan fingerprint density at radius 1 is 1.26 bits per heavy atom. The van der Waals surface area contributed by atoms with Gasteiger partial charge in [0.05, 0.1) is 6.54 Å². The fraction of sp³-hybridized carbons (Fsp3) is 0.381. The first kappa shape index (κ1) is 18.9. The number of pyridine rings is 1. The van der Waals surface area contributed by atoms with Gasteiger partial charge in [-0.15, -0.1) is 0 Å². The Balaban J connectivity index is 1.59. The van der Waals surface area contributed by atoms with Crippen LogP contribution in [0.2, 0.25) is 0 Å². The molecule has 27 heavy (non-hydrogen) atoms. The molecule has 2 amide bonds. The smallest absolute Gasteiger partial charge is 0.222 e. The number of hydrogen-bond donors (Lipinski definition) is 0. The van der Waals surface area contributed by atoms with Gasteiger partial charge in [-0.2, -0.15) is 0 Å². The van der Waals surface area contributed by atoms with E-state index in [1.165, 1.54) is 0 Å². The fourth-order valence-electron chi connectivity index (χ4n) is 3.17. The molecule has 0 N–H and O–H groups in total. The Kier molecular flexibility index (Phi) is 6.06. The van der Waals surface area contributed by atoms with Crippen molar-refractivity contribution in [1.82, 2.24) is 14.8 Å².